The molecule has 0 saturated heterocycles. The van der Waals surface area contributed by atoms with E-state index in [1.165, 1.54) is 10.5 Å². The van der Waals surface area contributed by atoms with Gasteiger partial charge in [0.15, 0.2) is 0 Å². The van der Waals surface area contributed by atoms with Gasteiger partial charge in [0, 0.05) is 10.7 Å². The zero-order chi connectivity index (χ0) is 22.0. The van der Waals surface area contributed by atoms with E-state index in [9.17, 15) is 9.59 Å². The molecular formula is C26H23ClN2O2. The second kappa shape index (κ2) is 8.78. The highest BCUT2D eigenvalue weighted by atomic mass is 35.5. The summed E-state index contributed by atoms with van der Waals surface area (Å²) >= 11 is 5.97. The molecule has 0 saturated carbocycles. The number of carbonyl (C=O) groups excluding carboxylic acids is 2. The van der Waals surface area contributed by atoms with Gasteiger partial charge in [0.25, 0.3) is 11.8 Å². The van der Waals surface area contributed by atoms with Crippen LogP contribution < -0.4 is 5.32 Å². The van der Waals surface area contributed by atoms with Crippen LogP contribution in [0.1, 0.15) is 36.5 Å². The minimum Gasteiger partial charge on any atom is -0.350 e. The molecule has 2 amide bonds. The van der Waals surface area contributed by atoms with Crippen molar-refractivity contribution in [2.45, 2.75) is 26.3 Å². The van der Waals surface area contributed by atoms with Gasteiger partial charge in [-0.1, -0.05) is 80.0 Å². The van der Waals surface area contributed by atoms with Crippen molar-refractivity contribution in [2.24, 2.45) is 0 Å². The van der Waals surface area contributed by atoms with E-state index in [4.69, 9.17) is 11.6 Å². The van der Waals surface area contributed by atoms with Crippen LogP contribution in [-0.2, 0) is 16.1 Å². The molecule has 4 rings (SSSR count). The van der Waals surface area contributed by atoms with E-state index >= 15 is 0 Å². The van der Waals surface area contributed by atoms with Crippen molar-refractivity contribution in [3.8, 4) is 0 Å². The van der Waals surface area contributed by atoms with Gasteiger partial charge in [-0.25, -0.2) is 0 Å². The molecule has 0 unspecified atom stereocenters. The van der Waals surface area contributed by atoms with Gasteiger partial charge in [-0.3, -0.25) is 14.5 Å². The smallest absolute Gasteiger partial charge is 0.278 e. The molecule has 0 atom stereocenters. The molecule has 0 fully saturated rings. The summed E-state index contributed by atoms with van der Waals surface area (Å²) in [5, 5.41) is 3.82. The second-order valence-electron chi connectivity index (χ2n) is 7.84. The molecule has 5 heteroatoms. The Hall–Kier alpha value is -3.37. The van der Waals surface area contributed by atoms with Crippen molar-refractivity contribution in [1.82, 2.24) is 4.90 Å². The lowest BCUT2D eigenvalue weighted by Gasteiger charge is -2.15. The highest BCUT2D eigenvalue weighted by molar-refractivity contribution is 6.36. The minimum absolute atomic E-state index is 0.183. The second-order valence-corrected chi connectivity index (χ2v) is 8.28. The van der Waals surface area contributed by atoms with Gasteiger partial charge in [-0.2, -0.15) is 0 Å². The number of benzene rings is 3. The molecule has 3 aromatic rings. The molecule has 1 aliphatic rings. The number of imide groups is 1. The maximum absolute atomic E-state index is 13.3. The molecule has 0 bridgehead atoms. The normalized spacial score (nSPS) is 14.0. The Morgan fingerprint density at radius 1 is 0.839 bits per heavy atom. The summed E-state index contributed by atoms with van der Waals surface area (Å²) in [5.74, 6) is -0.239. The van der Waals surface area contributed by atoms with E-state index in [0.29, 0.717) is 27.8 Å². The number of carbonyl (C=O) groups is 2. The average Bonchev–Trinajstić information content (AvgIpc) is 3.00. The predicted molar refractivity (Wildman–Crippen MR) is 125 cm³/mol. The summed E-state index contributed by atoms with van der Waals surface area (Å²) in [4.78, 5) is 27.9. The molecule has 3 aromatic carbocycles. The zero-order valence-corrected chi connectivity index (χ0v) is 18.2. The number of nitrogens with one attached hydrogen (secondary N) is 1. The molecular weight excluding hydrogens is 408 g/mol. The largest absolute Gasteiger partial charge is 0.350 e. The van der Waals surface area contributed by atoms with E-state index in [2.05, 4.69) is 19.2 Å². The van der Waals surface area contributed by atoms with Crippen molar-refractivity contribution in [2.75, 3.05) is 5.32 Å². The van der Waals surface area contributed by atoms with Crippen LogP contribution in [0.5, 0.6) is 0 Å². The Morgan fingerprint density at radius 2 is 1.48 bits per heavy atom. The van der Waals surface area contributed by atoms with Gasteiger partial charge in [-0.05, 0) is 46.9 Å². The van der Waals surface area contributed by atoms with Crippen molar-refractivity contribution < 1.29 is 9.59 Å². The Bertz CT molecular complexity index is 1130. The molecule has 0 aliphatic carbocycles. The van der Waals surface area contributed by atoms with E-state index in [0.717, 1.165) is 11.3 Å². The number of halogens is 1. The van der Waals surface area contributed by atoms with Crippen LogP contribution in [-0.4, -0.2) is 16.7 Å². The van der Waals surface area contributed by atoms with Crippen molar-refractivity contribution >= 4 is 34.7 Å². The number of hydrogen-bond donors (Lipinski definition) is 1. The number of anilines is 1. The first-order chi connectivity index (χ1) is 14.9. The summed E-state index contributed by atoms with van der Waals surface area (Å²) in [6.45, 7) is 4.45. The summed E-state index contributed by atoms with van der Waals surface area (Å²) in [6, 6.07) is 24.4. The SMILES string of the molecule is CC(C)c1ccc(NC2=C(c3ccccc3)C(=O)N(Cc3ccc(Cl)cc3)C2=O)cc1. The van der Waals surface area contributed by atoms with Gasteiger partial charge in [-0.15, -0.1) is 0 Å². The first-order valence-electron chi connectivity index (χ1n) is 10.2. The van der Waals surface area contributed by atoms with Crippen LogP contribution in [0.3, 0.4) is 0 Å². The maximum atomic E-state index is 13.3. The lowest BCUT2D eigenvalue weighted by atomic mass is 10.0. The molecule has 0 spiro atoms. The highest BCUT2D eigenvalue weighted by Gasteiger charge is 2.39. The van der Waals surface area contributed by atoms with Crippen LogP contribution in [0.2, 0.25) is 5.02 Å². The van der Waals surface area contributed by atoms with E-state index in [1.54, 1.807) is 12.1 Å². The van der Waals surface area contributed by atoms with Gasteiger partial charge < -0.3 is 5.32 Å². The summed E-state index contributed by atoms with van der Waals surface area (Å²) in [7, 11) is 0. The fourth-order valence-corrected chi connectivity index (χ4v) is 3.70. The van der Waals surface area contributed by atoms with Crippen LogP contribution in [0.15, 0.2) is 84.6 Å². The molecule has 1 heterocycles. The lowest BCUT2D eigenvalue weighted by molar-refractivity contribution is -0.137. The number of hydrogen-bond acceptors (Lipinski definition) is 3. The van der Waals surface area contributed by atoms with E-state index < -0.39 is 0 Å². The summed E-state index contributed by atoms with van der Waals surface area (Å²) in [6.07, 6.45) is 0. The topological polar surface area (TPSA) is 49.4 Å². The molecule has 0 radical (unpaired) electrons. The Balaban J connectivity index is 1.69. The standard InChI is InChI=1S/C26H23ClN2O2/c1-17(2)19-10-14-22(15-11-19)28-24-23(20-6-4-3-5-7-20)25(30)29(26(24)31)16-18-8-12-21(27)13-9-18/h3-15,17,28H,16H2,1-2H3. The first-order valence-corrected chi connectivity index (χ1v) is 10.6. The van der Waals surface area contributed by atoms with Gasteiger partial charge in [0.2, 0.25) is 0 Å². The van der Waals surface area contributed by atoms with Crippen LogP contribution in [0.25, 0.3) is 5.57 Å². The van der Waals surface area contributed by atoms with Crippen molar-refractivity contribution in [3.05, 3.63) is 106 Å². The monoisotopic (exact) mass is 430 g/mol. The van der Waals surface area contributed by atoms with Crippen LogP contribution >= 0.6 is 11.6 Å². The fraction of sp³-hybridized carbons (Fsp3) is 0.154. The third-order valence-electron chi connectivity index (χ3n) is 5.33. The lowest BCUT2D eigenvalue weighted by Crippen LogP contribution is -2.32. The molecule has 156 valence electrons. The van der Waals surface area contributed by atoms with Crippen molar-refractivity contribution in [3.63, 3.8) is 0 Å². The number of amides is 2. The third-order valence-corrected chi connectivity index (χ3v) is 5.58. The minimum atomic E-state index is -0.341. The number of nitrogens with zero attached hydrogens (tertiary/aromatic N) is 1. The fourth-order valence-electron chi connectivity index (χ4n) is 3.58. The Labute approximate surface area is 187 Å². The van der Waals surface area contributed by atoms with Crippen LogP contribution in [0, 0.1) is 0 Å². The van der Waals surface area contributed by atoms with Gasteiger partial charge in [0.1, 0.15) is 5.70 Å². The number of rotatable bonds is 6. The molecule has 1 aliphatic heterocycles. The van der Waals surface area contributed by atoms with E-state index in [1.807, 2.05) is 66.7 Å². The Morgan fingerprint density at radius 3 is 2.10 bits per heavy atom. The average molecular weight is 431 g/mol. The molecule has 0 aromatic heterocycles. The molecule has 31 heavy (non-hydrogen) atoms. The highest BCUT2D eigenvalue weighted by Crippen LogP contribution is 2.32. The zero-order valence-electron chi connectivity index (χ0n) is 17.4. The predicted octanol–water partition coefficient (Wildman–Crippen LogP) is 5.86. The van der Waals surface area contributed by atoms with Gasteiger partial charge in [0.05, 0.1) is 12.1 Å². The van der Waals surface area contributed by atoms with Crippen molar-refractivity contribution in [1.29, 1.82) is 0 Å². The molecule has 1 N–H and O–H groups in total. The van der Waals surface area contributed by atoms with Crippen LogP contribution in [0.4, 0.5) is 5.69 Å². The van der Waals surface area contributed by atoms with Gasteiger partial charge >= 0.3 is 0 Å². The molecule has 4 nitrogen and oxygen atoms in total. The summed E-state index contributed by atoms with van der Waals surface area (Å²) < 4.78 is 0. The quantitative estimate of drug-likeness (QED) is 0.498. The maximum Gasteiger partial charge on any atom is 0.278 e. The first kappa shape index (κ1) is 20.9. The third kappa shape index (κ3) is 4.39. The summed E-state index contributed by atoms with van der Waals surface area (Å²) in [5.41, 5.74) is 4.19. The Kier molecular flexibility index (Phi) is 5.92. The van der Waals surface area contributed by atoms with E-state index in [-0.39, 0.29) is 18.4 Å².